The summed E-state index contributed by atoms with van der Waals surface area (Å²) in [5.41, 5.74) is 1.71. The van der Waals surface area contributed by atoms with E-state index >= 15 is 0 Å². The lowest BCUT2D eigenvalue weighted by atomic mass is 10.0. The predicted octanol–water partition coefficient (Wildman–Crippen LogP) is 5.23. The molecule has 0 aromatic heterocycles. The summed E-state index contributed by atoms with van der Waals surface area (Å²) in [6, 6.07) is 18.4. The predicted molar refractivity (Wildman–Crippen MR) is 105 cm³/mol. The van der Waals surface area contributed by atoms with Crippen molar-refractivity contribution in [3.8, 4) is 0 Å². The summed E-state index contributed by atoms with van der Waals surface area (Å²) in [5, 5.41) is 14.2. The first-order valence-electron chi connectivity index (χ1n) is 7.96. The van der Waals surface area contributed by atoms with E-state index in [1.807, 2.05) is 49.4 Å². The number of para-hydroxylation sites is 1. The molecule has 0 bridgehead atoms. The molecule has 0 aliphatic rings. The number of amides is 1. The Hall–Kier alpha value is -3.11. The van der Waals surface area contributed by atoms with E-state index in [0.29, 0.717) is 0 Å². The van der Waals surface area contributed by atoms with Crippen LogP contribution in [0.4, 0.5) is 5.69 Å². The minimum atomic E-state index is -1.15. The number of rotatable bonds is 4. The van der Waals surface area contributed by atoms with E-state index < -0.39 is 11.9 Å². The van der Waals surface area contributed by atoms with Crippen LogP contribution in [0.3, 0.4) is 0 Å². The average Bonchev–Trinajstić information content (AvgIpc) is 2.62. The molecule has 0 unspecified atom stereocenters. The molecule has 3 aromatic rings. The molecule has 0 heterocycles. The third-order valence-electron chi connectivity index (χ3n) is 4.04. The van der Waals surface area contributed by atoms with Gasteiger partial charge in [0.15, 0.2) is 0 Å². The van der Waals surface area contributed by atoms with E-state index in [0.717, 1.165) is 21.9 Å². The highest BCUT2D eigenvalue weighted by atomic mass is 35.5. The van der Waals surface area contributed by atoms with Gasteiger partial charge in [-0.05, 0) is 47.0 Å². The number of hydrogen-bond donors (Lipinski definition) is 2. The molecular weight excluding hydrogens is 350 g/mol. The van der Waals surface area contributed by atoms with Gasteiger partial charge in [0, 0.05) is 6.08 Å². The van der Waals surface area contributed by atoms with Gasteiger partial charge in [0.05, 0.1) is 16.3 Å². The Bertz CT molecular complexity index is 1040. The first-order valence-corrected chi connectivity index (χ1v) is 8.34. The third-order valence-corrected chi connectivity index (χ3v) is 4.36. The van der Waals surface area contributed by atoms with Crippen LogP contribution in [0, 0.1) is 0 Å². The quantitative estimate of drug-likeness (QED) is 0.622. The molecule has 4 nitrogen and oxygen atoms in total. The Morgan fingerprint density at radius 1 is 1.00 bits per heavy atom. The van der Waals surface area contributed by atoms with Crippen molar-refractivity contribution in [2.75, 3.05) is 5.32 Å². The molecule has 2 N–H and O–H groups in total. The number of aromatic carboxylic acids is 1. The summed E-state index contributed by atoms with van der Waals surface area (Å²) in [5.74, 6) is -1.59. The minimum absolute atomic E-state index is 0.0531. The highest BCUT2D eigenvalue weighted by Crippen LogP contribution is 2.27. The van der Waals surface area contributed by atoms with Gasteiger partial charge in [-0.25, -0.2) is 4.79 Å². The van der Waals surface area contributed by atoms with Crippen LogP contribution in [-0.4, -0.2) is 17.0 Å². The standard InChI is InChI=1S/C21H16ClNO3/c1-13(15-10-9-14-5-2-3-6-16(14)12-15)11-19(24)23-20-17(21(25)26)7-4-8-18(20)22/h2-12H,1H3,(H,23,24)(H,25,26)/b13-11-. The maximum absolute atomic E-state index is 12.3. The van der Waals surface area contributed by atoms with Gasteiger partial charge in [0.1, 0.15) is 0 Å². The number of carboxylic acid groups (broad SMARTS) is 1. The van der Waals surface area contributed by atoms with Crippen molar-refractivity contribution in [2.45, 2.75) is 6.92 Å². The van der Waals surface area contributed by atoms with E-state index in [-0.39, 0.29) is 16.3 Å². The van der Waals surface area contributed by atoms with Gasteiger partial charge < -0.3 is 10.4 Å². The number of allylic oxidation sites excluding steroid dienone is 1. The van der Waals surface area contributed by atoms with Crippen molar-refractivity contribution in [1.82, 2.24) is 0 Å². The van der Waals surface area contributed by atoms with E-state index in [1.165, 1.54) is 24.3 Å². The van der Waals surface area contributed by atoms with E-state index in [2.05, 4.69) is 5.32 Å². The van der Waals surface area contributed by atoms with Crippen molar-refractivity contribution < 1.29 is 14.7 Å². The molecule has 5 heteroatoms. The van der Waals surface area contributed by atoms with Crippen molar-refractivity contribution in [3.05, 3.63) is 82.9 Å². The number of carboxylic acids is 1. The number of anilines is 1. The molecule has 1 amide bonds. The van der Waals surface area contributed by atoms with Gasteiger partial charge in [0.25, 0.3) is 0 Å². The van der Waals surface area contributed by atoms with Crippen molar-refractivity contribution in [3.63, 3.8) is 0 Å². The number of carbonyl (C=O) groups excluding carboxylic acids is 1. The van der Waals surface area contributed by atoms with Crippen LogP contribution in [0.1, 0.15) is 22.8 Å². The van der Waals surface area contributed by atoms with Crippen LogP contribution in [0.5, 0.6) is 0 Å². The zero-order valence-corrected chi connectivity index (χ0v) is 14.7. The highest BCUT2D eigenvalue weighted by Gasteiger charge is 2.15. The molecule has 3 aromatic carbocycles. The van der Waals surface area contributed by atoms with Crippen molar-refractivity contribution in [1.29, 1.82) is 0 Å². The molecule has 26 heavy (non-hydrogen) atoms. The lowest BCUT2D eigenvalue weighted by molar-refractivity contribution is -0.111. The van der Waals surface area contributed by atoms with Crippen LogP contribution in [0.2, 0.25) is 5.02 Å². The van der Waals surface area contributed by atoms with Crippen LogP contribution < -0.4 is 5.32 Å². The van der Waals surface area contributed by atoms with Crippen LogP contribution in [0.25, 0.3) is 16.3 Å². The number of halogens is 1. The Kier molecular flexibility index (Phi) is 5.05. The van der Waals surface area contributed by atoms with Crippen molar-refractivity contribution in [2.24, 2.45) is 0 Å². The monoisotopic (exact) mass is 365 g/mol. The maximum atomic E-state index is 12.3. The second-order valence-electron chi connectivity index (χ2n) is 5.85. The molecule has 3 rings (SSSR count). The number of benzene rings is 3. The summed E-state index contributed by atoms with van der Waals surface area (Å²) >= 11 is 6.04. The van der Waals surface area contributed by atoms with Gasteiger partial charge in [-0.1, -0.05) is 54.1 Å². The van der Waals surface area contributed by atoms with Crippen LogP contribution >= 0.6 is 11.6 Å². The molecule has 0 aliphatic carbocycles. The molecule has 0 aliphatic heterocycles. The fourth-order valence-electron chi connectivity index (χ4n) is 2.70. The Morgan fingerprint density at radius 3 is 2.46 bits per heavy atom. The number of fused-ring (bicyclic) bond motifs is 1. The topological polar surface area (TPSA) is 66.4 Å². The average molecular weight is 366 g/mol. The minimum Gasteiger partial charge on any atom is -0.478 e. The normalized spacial score (nSPS) is 11.4. The van der Waals surface area contributed by atoms with Gasteiger partial charge in [0.2, 0.25) is 5.91 Å². The van der Waals surface area contributed by atoms with Crippen LogP contribution in [-0.2, 0) is 4.79 Å². The molecule has 130 valence electrons. The second kappa shape index (κ2) is 7.42. The van der Waals surface area contributed by atoms with Gasteiger partial charge in [-0.15, -0.1) is 0 Å². The van der Waals surface area contributed by atoms with Gasteiger partial charge in [-0.3, -0.25) is 4.79 Å². The number of nitrogens with one attached hydrogen (secondary N) is 1. The zero-order chi connectivity index (χ0) is 18.7. The zero-order valence-electron chi connectivity index (χ0n) is 14.0. The van der Waals surface area contributed by atoms with E-state index in [1.54, 1.807) is 0 Å². The Balaban J connectivity index is 1.87. The molecule has 0 radical (unpaired) electrons. The first-order chi connectivity index (χ1) is 12.5. The van der Waals surface area contributed by atoms with Crippen molar-refractivity contribution >= 4 is 45.5 Å². The SMILES string of the molecule is C/C(=C/C(=O)Nc1c(Cl)cccc1C(=O)O)c1ccc2ccccc2c1. The Morgan fingerprint density at radius 2 is 1.73 bits per heavy atom. The maximum Gasteiger partial charge on any atom is 0.337 e. The summed E-state index contributed by atoms with van der Waals surface area (Å²) in [7, 11) is 0. The molecular formula is C21H16ClNO3. The largest absolute Gasteiger partial charge is 0.478 e. The van der Waals surface area contributed by atoms with E-state index in [4.69, 9.17) is 11.6 Å². The number of carbonyl (C=O) groups is 2. The van der Waals surface area contributed by atoms with Gasteiger partial charge >= 0.3 is 5.97 Å². The summed E-state index contributed by atoms with van der Waals surface area (Å²) in [6.07, 6.45) is 1.43. The van der Waals surface area contributed by atoms with E-state index in [9.17, 15) is 14.7 Å². The molecule has 0 atom stereocenters. The van der Waals surface area contributed by atoms with Crippen LogP contribution in [0.15, 0.2) is 66.7 Å². The third kappa shape index (κ3) is 3.76. The second-order valence-corrected chi connectivity index (χ2v) is 6.25. The summed E-state index contributed by atoms with van der Waals surface area (Å²) in [6.45, 7) is 1.83. The Labute approximate surface area is 155 Å². The smallest absolute Gasteiger partial charge is 0.337 e. The molecule has 0 fully saturated rings. The number of hydrogen-bond acceptors (Lipinski definition) is 2. The molecule has 0 saturated carbocycles. The molecule has 0 spiro atoms. The lowest BCUT2D eigenvalue weighted by Gasteiger charge is -2.09. The summed E-state index contributed by atoms with van der Waals surface area (Å²) in [4.78, 5) is 23.6. The van der Waals surface area contributed by atoms with Gasteiger partial charge in [-0.2, -0.15) is 0 Å². The first kappa shape index (κ1) is 17.7. The highest BCUT2D eigenvalue weighted by molar-refractivity contribution is 6.34. The fourth-order valence-corrected chi connectivity index (χ4v) is 2.93. The summed E-state index contributed by atoms with van der Waals surface area (Å²) < 4.78 is 0. The lowest BCUT2D eigenvalue weighted by Crippen LogP contribution is -2.13. The molecule has 0 saturated heterocycles. The fraction of sp³-hybridized carbons (Fsp3) is 0.0476.